The maximum absolute atomic E-state index is 12.8. The van der Waals surface area contributed by atoms with Gasteiger partial charge >= 0.3 is 0 Å². The van der Waals surface area contributed by atoms with Crippen molar-refractivity contribution in [2.24, 2.45) is 5.14 Å². The summed E-state index contributed by atoms with van der Waals surface area (Å²) in [5.74, 6) is -0.249. The molecule has 0 unspecified atom stereocenters. The molecule has 2 aromatic rings. The van der Waals surface area contributed by atoms with Crippen LogP contribution in [-0.2, 0) is 14.8 Å². The molecule has 30 heavy (non-hydrogen) atoms. The van der Waals surface area contributed by atoms with Crippen LogP contribution in [0, 0.1) is 13.8 Å². The Bertz CT molecular complexity index is 1040. The van der Waals surface area contributed by atoms with Crippen molar-refractivity contribution in [3.63, 3.8) is 0 Å². The van der Waals surface area contributed by atoms with Crippen molar-refractivity contribution in [1.29, 1.82) is 0 Å². The van der Waals surface area contributed by atoms with E-state index in [1.165, 1.54) is 18.2 Å². The lowest BCUT2D eigenvalue weighted by Crippen LogP contribution is -2.50. The Hall–Kier alpha value is -2.75. The van der Waals surface area contributed by atoms with Crippen LogP contribution >= 0.6 is 0 Å². The first-order chi connectivity index (χ1) is 14.1. The van der Waals surface area contributed by atoms with E-state index in [1.807, 2.05) is 36.9 Å². The highest BCUT2D eigenvalue weighted by atomic mass is 32.2. The lowest BCUT2D eigenvalue weighted by atomic mass is 10.1. The molecule has 0 radical (unpaired) electrons. The highest BCUT2D eigenvalue weighted by Gasteiger charge is 2.23. The molecule has 2 aromatic carbocycles. The Balaban J connectivity index is 1.53. The molecule has 0 bridgehead atoms. The van der Waals surface area contributed by atoms with Gasteiger partial charge in [0, 0.05) is 37.4 Å². The molecule has 0 aliphatic carbocycles. The summed E-state index contributed by atoms with van der Waals surface area (Å²) in [5, 5.41) is 7.81. The van der Waals surface area contributed by atoms with Crippen LogP contribution in [0.4, 0.5) is 5.69 Å². The van der Waals surface area contributed by atoms with Crippen LogP contribution in [0.25, 0.3) is 0 Å². The molecule has 0 saturated carbocycles. The van der Waals surface area contributed by atoms with Gasteiger partial charge < -0.3 is 10.2 Å². The summed E-state index contributed by atoms with van der Waals surface area (Å²) in [4.78, 5) is 28.8. The molecule has 1 fully saturated rings. The summed E-state index contributed by atoms with van der Waals surface area (Å²) in [6.45, 7) is 6.35. The molecular formula is C21H26N4O4S. The van der Waals surface area contributed by atoms with E-state index in [2.05, 4.69) is 5.32 Å². The number of hydrogen-bond acceptors (Lipinski definition) is 5. The number of piperazine rings is 1. The predicted molar refractivity (Wildman–Crippen MR) is 115 cm³/mol. The standard InChI is InChI=1S/C21H26N4O4S/c1-15-10-16(2)12-17(11-15)21(27)25-8-6-24(7-9-25)14-20(26)23-18-4-3-5-19(13-18)30(22,28)29/h3-5,10-13H,6-9,14H2,1-2H3,(H,23,26)(H2,22,28,29). The Labute approximate surface area is 176 Å². The van der Waals surface area contributed by atoms with E-state index in [0.29, 0.717) is 37.4 Å². The predicted octanol–water partition coefficient (Wildman–Crippen LogP) is 1.35. The molecule has 3 N–H and O–H groups in total. The first-order valence-electron chi connectivity index (χ1n) is 9.64. The second kappa shape index (κ2) is 8.95. The number of anilines is 1. The number of rotatable bonds is 5. The van der Waals surface area contributed by atoms with Crippen LogP contribution in [0.3, 0.4) is 0 Å². The fourth-order valence-corrected chi connectivity index (χ4v) is 4.10. The zero-order chi connectivity index (χ0) is 21.9. The van der Waals surface area contributed by atoms with E-state index in [4.69, 9.17) is 5.14 Å². The quantitative estimate of drug-likeness (QED) is 0.743. The number of benzene rings is 2. The van der Waals surface area contributed by atoms with Gasteiger partial charge in [0.05, 0.1) is 11.4 Å². The van der Waals surface area contributed by atoms with Crippen molar-refractivity contribution >= 4 is 27.5 Å². The third-order valence-corrected chi connectivity index (χ3v) is 5.85. The lowest BCUT2D eigenvalue weighted by Gasteiger charge is -2.34. The van der Waals surface area contributed by atoms with Crippen molar-refractivity contribution in [1.82, 2.24) is 9.80 Å². The third kappa shape index (κ3) is 5.65. The number of hydrogen-bond donors (Lipinski definition) is 2. The fourth-order valence-electron chi connectivity index (χ4n) is 3.54. The fraction of sp³-hybridized carbons (Fsp3) is 0.333. The summed E-state index contributed by atoms with van der Waals surface area (Å²) in [5.41, 5.74) is 3.17. The van der Waals surface area contributed by atoms with Crippen LogP contribution in [0.2, 0.25) is 0 Å². The summed E-state index contributed by atoms with van der Waals surface area (Å²) in [6.07, 6.45) is 0. The van der Waals surface area contributed by atoms with Gasteiger partial charge in [-0.3, -0.25) is 14.5 Å². The van der Waals surface area contributed by atoms with Gasteiger partial charge in [-0.05, 0) is 44.2 Å². The molecule has 1 saturated heterocycles. The van der Waals surface area contributed by atoms with Gasteiger partial charge in [0.15, 0.2) is 0 Å². The minimum Gasteiger partial charge on any atom is -0.336 e. The van der Waals surface area contributed by atoms with E-state index in [1.54, 1.807) is 11.0 Å². The third-order valence-electron chi connectivity index (χ3n) is 4.94. The molecule has 0 atom stereocenters. The zero-order valence-electron chi connectivity index (χ0n) is 17.1. The zero-order valence-corrected chi connectivity index (χ0v) is 17.9. The molecule has 3 rings (SSSR count). The smallest absolute Gasteiger partial charge is 0.253 e. The van der Waals surface area contributed by atoms with Crippen LogP contribution in [0.15, 0.2) is 47.4 Å². The number of nitrogens with one attached hydrogen (secondary N) is 1. The second-order valence-corrected chi connectivity index (χ2v) is 9.13. The molecule has 0 spiro atoms. The van der Waals surface area contributed by atoms with Crippen molar-refractivity contribution in [3.05, 3.63) is 59.2 Å². The van der Waals surface area contributed by atoms with Crippen molar-refractivity contribution < 1.29 is 18.0 Å². The van der Waals surface area contributed by atoms with E-state index in [0.717, 1.165) is 11.1 Å². The monoisotopic (exact) mass is 430 g/mol. The number of carbonyl (C=O) groups is 2. The van der Waals surface area contributed by atoms with E-state index >= 15 is 0 Å². The number of nitrogens with two attached hydrogens (primary N) is 1. The number of amides is 2. The lowest BCUT2D eigenvalue weighted by molar-refractivity contribution is -0.117. The Morgan fingerprint density at radius 2 is 1.63 bits per heavy atom. The van der Waals surface area contributed by atoms with Crippen LogP contribution in [0.5, 0.6) is 0 Å². The summed E-state index contributed by atoms with van der Waals surface area (Å²) in [6, 6.07) is 11.6. The van der Waals surface area contributed by atoms with Gasteiger partial charge in [-0.1, -0.05) is 23.3 Å². The Kier molecular flexibility index (Phi) is 6.55. The van der Waals surface area contributed by atoms with Crippen LogP contribution < -0.4 is 10.5 Å². The molecule has 2 amide bonds. The average Bonchev–Trinajstić information content (AvgIpc) is 2.67. The second-order valence-electron chi connectivity index (χ2n) is 7.57. The Morgan fingerprint density at radius 3 is 2.23 bits per heavy atom. The minimum atomic E-state index is -3.83. The molecule has 8 nitrogen and oxygen atoms in total. The normalized spacial score (nSPS) is 15.1. The molecule has 160 valence electrons. The highest BCUT2D eigenvalue weighted by molar-refractivity contribution is 7.89. The average molecular weight is 431 g/mol. The number of nitrogens with zero attached hydrogens (tertiary/aromatic N) is 2. The SMILES string of the molecule is Cc1cc(C)cc(C(=O)N2CCN(CC(=O)Nc3cccc(S(N)(=O)=O)c3)CC2)c1. The van der Waals surface area contributed by atoms with E-state index in [-0.39, 0.29) is 23.3 Å². The molecule has 1 aliphatic heterocycles. The summed E-state index contributed by atoms with van der Waals surface area (Å²) in [7, 11) is -3.83. The van der Waals surface area contributed by atoms with Gasteiger partial charge in [-0.15, -0.1) is 0 Å². The Morgan fingerprint density at radius 1 is 1.00 bits per heavy atom. The van der Waals surface area contributed by atoms with Crippen LogP contribution in [-0.4, -0.2) is 62.8 Å². The van der Waals surface area contributed by atoms with Crippen molar-refractivity contribution in [2.75, 3.05) is 38.0 Å². The summed E-state index contributed by atoms with van der Waals surface area (Å²) >= 11 is 0. The highest BCUT2D eigenvalue weighted by Crippen LogP contribution is 2.15. The first-order valence-corrected chi connectivity index (χ1v) is 11.2. The summed E-state index contributed by atoms with van der Waals surface area (Å²) < 4.78 is 22.9. The topological polar surface area (TPSA) is 113 Å². The number of sulfonamides is 1. The van der Waals surface area contributed by atoms with Gasteiger partial charge in [0.2, 0.25) is 15.9 Å². The van der Waals surface area contributed by atoms with Gasteiger partial charge in [0.25, 0.3) is 5.91 Å². The van der Waals surface area contributed by atoms with E-state index in [9.17, 15) is 18.0 Å². The van der Waals surface area contributed by atoms with Gasteiger partial charge in [0.1, 0.15) is 0 Å². The molecule has 9 heteroatoms. The van der Waals surface area contributed by atoms with Crippen molar-refractivity contribution in [2.45, 2.75) is 18.7 Å². The van der Waals surface area contributed by atoms with E-state index < -0.39 is 10.0 Å². The molecule has 1 aliphatic rings. The molecular weight excluding hydrogens is 404 g/mol. The first kappa shape index (κ1) is 21.9. The van der Waals surface area contributed by atoms with Gasteiger partial charge in [-0.2, -0.15) is 0 Å². The largest absolute Gasteiger partial charge is 0.336 e. The number of aryl methyl sites for hydroxylation is 2. The number of carbonyl (C=O) groups excluding carboxylic acids is 2. The number of primary sulfonamides is 1. The van der Waals surface area contributed by atoms with Crippen molar-refractivity contribution in [3.8, 4) is 0 Å². The molecule has 0 aromatic heterocycles. The maximum Gasteiger partial charge on any atom is 0.253 e. The molecule has 1 heterocycles. The van der Waals surface area contributed by atoms with Crippen LogP contribution in [0.1, 0.15) is 21.5 Å². The minimum absolute atomic E-state index is 0.00529. The van der Waals surface area contributed by atoms with Gasteiger partial charge in [-0.25, -0.2) is 13.6 Å². The maximum atomic E-state index is 12.8.